The van der Waals surface area contributed by atoms with Gasteiger partial charge in [0.05, 0.1) is 7.11 Å². The molecule has 0 saturated heterocycles. The summed E-state index contributed by atoms with van der Waals surface area (Å²) in [5.74, 6) is -1.56. The van der Waals surface area contributed by atoms with E-state index in [4.69, 9.17) is 9.84 Å². The third-order valence-corrected chi connectivity index (χ3v) is 1.55. The molecule has 0 aliphatic rings. The number of carboxylic acids is 1. The molecule has 0 unspecified atom stereocenters. The highest BCUT2D eigenvalue weighted by molar-refractivity contribution is 6.01. The molecule has 15 heavy (non-hydrogen) atoms. The number of anilines is 1. The Morgan fingerprint density at radius 2 is 2.33 bits per heavy atom. The standard InChI is InChI=1S/C9H10N2O4/c1-15-9-6(3-2-4-10-9)11-7(12)5-8(13)14/h2-4H,5H2,1H3,(H,11,12)(H,13,14). The molecule has 80 valence electrons. The molecule has 0 aromatic carbocycles. The summed E-state index contributed by atoms with van der Waals surface area (Å²) in [6, 6.07) is 3.19. The molecule has 0 bridgehead atoms. The van der Waals surface area contributed by atoms with Gasteiger partial charge >= 0.3 is 5.97 Å². The zero-order valence-electron chi connectivity index (χ0n) is 8.06. The average molecular weight is 210 g/mol. The van der Waals surface area contributed by atoms with Crippen molar-refractivity contribution < 1.29 is 19.4 Å². The van der Waals surface area contributed by atoms with Gasteiger partial charge in [-0.3, -0.25) is 9.59 Å². The van der Waals surface area contributed by atoms with Crippen LogP contribution in [0.1, 0.15) is 6.42 Å². The van der Waals surface area contributed by atoms with Crippen LogP contribution in [0.4, 0.5) is 5.69 Å². The van der Waals surface area contributed by atoms with Crippen molar-refractivity contribution in [1.82, 2.24) is 4.98 Å². The second-order valence-corrected chi connectivity index (χ2v) is 2.68. The Morgan fingerprint density at radius 3 is 2.93 bits per heavy atom. The van der Waals surface area contributed by atoms with E-state index in [0.717, 1.165) is 0 Å². The molecule has 1 amide bonds. The van der Waals surface area contributed by atoms with Crippen LogP contribution >= 0.6 is 0 Å². The summed E-state index contributed by atoms with van der Waals surface area (Å²) in [5, 5.41) is 10.8. The largest absolute Gasteiger partial charge is 0.481 e. The van der Waals surface area contributed by atoms with Gasteiger partial charge < -0.3 is 15.2 Å². The molecular formula is C9H10N2O4. The highest BCUT2D eigenvalue weighted by atomic mass is 16.5. The summed E-state index contributed by atoms with van der Waals surface area (Å²) < 4.78 is 4.88. The number of aliphatic carboxylic acids is 1. The number of methoxy groups -OCH3 is 1. The molecule has 1 aromatic heterocycles. The zero-order valence-corrected chi connectivity index (χ0v) is 8.06. The fourth-order valence-corrected chi connectivity index (χ4v) is 0.980. The third kappa shape index (κ3) is 3.26. The van der Waals surface area contributed by atoms with E-state index in [1.807, 2.05) is 0 Å². The lowest BCUT2D eigenvalue weighted by atomic mass is 10.3. The van der Waals surface area contributed by atoms with Crippen LogP contribution in [0.2, 0.25) is 0 Å². The van der Waals surface area contributed by atoms with Gasteiger partial charge in [-0.15, -0.1) is 0 Å². The van der Waals surface area contributed by atoms with Gasteiger partial charge in [0, 0.05) is 6.20 Å². The molecule has 6 heteroatoms. The maximum absolute atomic E-state index is 11.1. The van der Waals surface area contributed by atoms with Crippen molar-refractivity contribution in [3.05, 3.63) is 18.3 Å². The maximum Gasteiger partial charge on any atom is 0.312 e. The van der Waals surface area contributed by atoms with Crippen molar-refractivity contribution >= 4 is 17.6 Å². The molecule has 1 heterocycles. The molecule has 2 N–H and O–H groups in total. The smallest absolute Gasteiger partial charge is 0.312 e. The number of carboxylic acid groups (broad SMARTS) is 1. The van der Waals surface area contributed by atoms with Gasteiger partial charge in [0.2, 0.25) is 11.8 Å². The highest BCUT2D eigenvalue weighted by Gasteiger charge is 2.10. The lowest BCUT2D eigenvalue weighted by Crippen LogP contribution is -2.16. The van der Waals surface area contributed by atoms with Crippen LogP contribution in [-0.2, 0) is 9.59 Å². The highest BCUT2D eigenvalue weighted by Crippen LogP contribution is 2.19. The molecular weight excluding hydrogens is 200 g/mol. The van der Waals surface area contributed by atoms with Crippen molar-refractivity contribution in [2.45, 2.75) is 6.42 Å². The van der Waals surface area contributed by atoms with Gasteiger partial charge in [0.1, 0.15) is 12.1 Å². The number of hydrogen-bond acceptors (Lipinski definition) is 4. The number of carbonyl (C=O) groups is 2. The number of nitrogens with zero attached hydrogens (tertiary/aromatic N) is 1. The molecule has 0 atom stereocenters. The summed E-state index contributed by atoms with van der Waals surface area (Å²) in [6.07, 6.45) is 0.920. The fraction of sp³-hybridized carbons (Fsp3) is 0.222. The second-order valence-electron chi connectivity index (χ2n) is 2.68. The molecule has 0 aliphatic heterocycles. The molecule has 0 saturated carbocycles. The number of pyridine rings is 1. The molecule has 1 aromatic rings. The predicted molar refractivity (Wildman–Crippen MR) is 51.7 cm³/mol. The third-order valence-electron chi connectivity index (χ3n) is 1.55. The minimum atomic E-state index is -1.18. The number of nitrogens with one attached hydrogen (secondary N) is 1. The van der Waals surface area contributed by atoms with Crippen LogP contribution in [-0.4, -0.2) is 29.1 Å². The molecule has 1 rings (SSSR count). The molecule has 0 spiro atoms. The lowest BCUT2D eigenvalue weighted by Gasteiger charge is -2.07. The first kappa shape index (κ1) is 11.0. The van der Waals surface area contributed by atoms with Crippen LogP contribution in [0.15, 0.2) is 18.3 Å². The van der Waals surface area contributed by atoms with Gasteiger partial charge in [-0.05, 0) is 12.1 Å². The number of rotatable bonds is 4. The Balaban J connectivity index is 2.71. The summed E-state index contributed by atoms with van der Waals surface area (Å²) >= 11 is 0. The maximum atomic E-state index is 11.1. The van der Waals surface area contributed by atoms with Gasteiger partial charge in [0.25, 0.3) is 0 Å². The second kappa shape index (κ2) is 4.94. The van der Waals surface area contributed by atoms with E-state index in [9.17, 15) is 9.59 Å². The van der Waals surface area contributed by atoms with E-state index >= 15 is 0 Å². The monoisotopic (exact) mass is 210 g/mol. The Kier molecular flexibility index (Phi) is 3.61. The molecule has 6 nitrogen and oxygen atoms in total. The van der Waals surface area contributed by atoms with E-state index in [0.29, 0.717) is 5.69 Å². The van der Waals surface area contributed by atoms with E-state index in [1.54, 1.807) is 12.1 Å². The Morgan fingerprint density at radius 1 is 1.60 bits per heavy atom. The van der Waals surface area contributed by atoms with Gasteiger partial charge in [-0.25, -0.2) is 4.98 Å². The summed E-state index contributed by atoms with van der Waals surface area (Å²) in [4.78, 5) is 25.2. The van der Waals surface area contributed by atoms with E-state index in [-0.39, 0.29) is 5.88 Å². The minimum absolute atomic E-state index is 0.247. The average Bonchev–Trinajstić information content (AvgIpc) is 2.17. The van der Waals surface area contributed by atoms with E-state index < -0.39 is 18.3 Å². The van der Waals surface area contributed by atoms with Gasteiger partial charge in [0.15, 0.2) is 0 Å². The van der Waals surface area contributed by atoms with Crippen molar-refractivity contribution in [3.8, 4) is 5.88 Å². The Hall–Kier alpha value is -2.11. The van der Waals surface area contributed by atoms with Crippen LogP contribution in [0.5, 0.6) is 5.88 Å². The Labute approximate surface area is 85.9 Å². The van der Waals surface area contributed by atoms with Gasteiger partial charge in [-0.2, -0.15) is 0 Å². The fourth-order valence-electron chi connectivity index (χ4n) is 0.980. The van der Waals surface area contributed by atoms with Crippen LogP contribution < -0.4 is 10.1 Å². The summed E-state index contributed by atoms with van der Waals surface area (Å²) in [6.45, 7) is 0. The first-order valence-electron chi connectivity index (χ1n) is 4.14. The SMILES string of the molecule is COc1ncccc1NC(=O)CC(=O)O. The van der Waals surface area contributed by atoms with Crippen LogP contribution in [0.25, 0.3) is 0 Å². The molecule has 0 radical (unpaired) electrons. The summed E-state index contributed by atoms with van der Waals surface area (Å²) in [7, 11) is 1.41. The first-order chi connectivity index (χ1) is 7.13. The number of carbonyl (C=O) groups excluding carboxylic acids is 1. The number of aromatic nitrogens is 1. The minimum Gasteiger partial charge on any atom is -0.481 e. The van der Waals surface area contributed by atoms with E-state index in [2.05, 4.69) is 10.3 Å². The van der Waals surface area contributed by atoms with Gasteiger partial charge in [-0.1, -0.05) is 0 Å². The van der Waals surface area contributed by atoms with Crippen LogP contribution in [0.3, 0.4) is 0 Å². The van der Waals surface area contributed by atoms with Crippen molar-refractivity contribution in [2.24, 2.45) is 0 Å². The number of ether oxygens (including phenoxy) is 1. The number of hydrogen-bond donors (Lipinski definition) is 2. The van der Waals surface area contributed by atoms with Crippen molar-refractivity contribution in [1.29, 1.82) is 0 Å². The first-order valence-corrected chi connectivity index (χ1v) is 4.14. The molecule has 0 fully saturated rings. The van der Waals surface area contributed by atoms with Crippen LogP contribution in [0, 0.1) is 0 Å². The molecule has 0 aliphatic carbocycles. The quantitative estimate of drug-likeness (QED) is 0.706. The van der Waals surface area contributed by atoms with E-state index in [1.165, 1.54) is 13.3 Å². The zero-order chi connectivity index (χ0) is 11.3. The normalized spacial score (nSPS) is 9.40. The predicted octanol–water partition coefficient (Wildman–Crippen LogP) is 0.503. The summed E-state index contributed by atoms with van der Waals surface area (Å²) in [5.41, 5.74) is 0.353. The lowest BCUT2D eigenvalue weighted by molar-refractivity contribution is -0.139. The van der Waals surface area contributed by atoms with Crippen molar-refractivity contribution in [2.75, 3.05) is 12.4 Å². The van der Waals surface area contributed by atoms with Crippen molar-refractivity contribution in [3.63, 3.8) is 0 Å². The Bertz CT molecular complexity index is 378. The number of amides is 1. The topological polar surface area (TPSA) is 88.5 Å².